The first-order chi connectivity index (χ1) is 19.8. The number of benzene rings is 3. The average Bonchev–Trinajstić information content (AvgIpc) is 3.74. The summed E-state index contributed by atoms with van der Waals surface area (Å²) in [5, 5.41) is 5.90. The maximum atomic E-state index is 2.53. The Morgan fingerprint density at radius 1 is 0.650 bits per heavy atom. The number of fused-ring (bicyclic) bond motifs is 7. The van der Waals surface area contributed by atoms with Gasteiger partial charge in [0.15, 0.2) is 0 Å². The fourth-order valence-corrected chi connectivity index (χ4v) is 13.3. The molecule has 0 aliphatic rings. The Morgan fingerprint density at radius 2 is 1.30 bits per heavy atom. The Labute approximate surface area is 261 Å². The molecule has 0 bridgehead atoms. The van der Waals surface area contributed by atoms with Crippen molar-refractivity contribution in [1.29, 1.82) is 0 Å². The number of rotatable bonds is 12. The van der Waals surface area contributed by atoms with Gasteiger partial charge in [-0.1, -0.05) is 32.6 Å². The summed E-state index contributed by atoms with van der Waals surface area (Å²) in [6, 6.07) is 24.3. The van der Waals surface area contributed by atoms with E-state index in [0.717, 1.165) is 0 Å². The van der Waals surface area contributed by atoms with Gasteiger partial charge >= 0.3 is 231 Å². The number of aryl methyl sites for hydroxylation is 1. The molecule has 7 aromatic rings. The van der Waals surface area contributed by atoms with Crippen LogP contribution in [0.15, 0.2) is 64.7 Å². The molecular formula is C36H36S2SeTe. The molecule has 4 heteroatoms. The molecule has 0 saturated heterocycles. The van der Waals surface area contributed by atoms with Gasteiger partial charge in [-0.05, 0) is 0 Å². The van der Waals surface area contributed by atoms with Gasteiger partial charge in [0.25, 0.3) is 0 Å². The minimum atomic E-state index is -0.119. The molecule has 7 rings (SSSR count). The van der Waals surface area contributed by atoms with Crippen LogP contribution in [0.2, 0.25) is 0 Å². The summed E-state index contributed by atoms with van der Waals surface area (Å²) in [6.07, 6.45) is 15.3. The van der Waals surface area contributed by atoms with Crippen molar-refractivity contribution in [2.45, 2.75) is 77.6 Å². The molecule has 4 heterocycles. The fourth-order valence-electron chi connectivity index (χ4n) is 6.04. The topological polar surface area (TPSA) is 0 Å². The van der Waals surface area contributed by atoms with Gasteiger partial charge < -0.3 is 0 Å². The number of hydrogen-bond donors (Lipinski definition) is 0. The third-order valence-corrected chi connectivity index (χ3v) is 15.8. The molecule has 0 N–H and O–H groups in total. The van der Waals surface area contributed by atoms with Crippen molar-refractivity contribution >= 4 is 106 Å². The van der Waals surface area contributed by atoms with Gasteiger partial charge in [-0.2, -0.15) is 0 Å². The van der Waals surface area contributed by atoms with E-state index in [1.54, 1.807) is 7.66 Å². The van der Waals surface area contributed by atoms with Crippen molar-refractivity contribution < 1.29 is 0 Å². The molecule has 0 unspecified atom stereocenters. The first-order valence-electron chi connectivity index (χ1n) is 15.1. The Hall–Kier alpha value is -1.37. The van der Waals surface area contributed by atoms with Gasteiger partial charge in [-0.25, -0.2) is 0 Å². The van der Waals surface area contributed by atoms with Crippen LogP contribution in [0, 0.1) is 0 Å². The third kappa shape index (κ3) is 5.66. The van der Waals surface area contributed by atoms with E-state index >= 15 is 0 Å². The van der Waals surface area contributed by atoms with Crippen LogP contribution < -0.4 is 0 Å². The van der Waals surface area contributed by atoms with E-state index in [1.165, 1.54) is 127 Å². The van der Waals surface area contributed by atoms with Crippen LogP contribution in [0.5, 0.6) is 0 Å². The van der Waals surface area contributed by atoms with Crippen molar-refractivity contribution in [3.05, 3.63) is 70.3 Å². The molecule has 4 aromatic heterocycles. The van der Waals surface area contributed by atoms with E-state index in [9.17, 15) is 0 Å². The minimum absolute atomic E-state index is 0.119. The second-order valence-corrected chi connectivity index (χ2v) is 18.4. The predicted molar refractivity (Wildman–Crippen MR) is 185 cm³/mol. The van der Waals surface area contributed by atoms with E-state index in [-0.39, 0.29) is 20.4 Å². The van der Waals surface area contributed by atoms with Gasteiger partial charge in [0.05, 0.1) is 0 Å². The summed E-state index contributed by atoms with van der Waals surface area (Å²) in [4.78, 5) is 0. The van der Waals surface area contributed by atoms with Crippen molar-refractivity contribution in [2.24, 2.45) is 0 Å². The normalized spacial score (nSPS) is 12.2. The molecule has 0 atom stereocenters. The quantitative estimate of drug-likeness (QED) is 0.0865. The second kappa shape index (κ2) is 12.5. The zero-order chi connectivity index (χ0) is 26.9. The molecule has 0 radical (unpaired) electrons. The van der Waals surface area contributed by atoms with Gasteiger partial charge in [-0.15, -0.1) is 0 Å². The Kier molecular flexibility index (Phi) is 8.56. The summed E-state index contributed by atoms with van der Waals surface area (Å²) in [5.74, 6) is 0. The Bertz CT molecular complexity index is 1900. The van der Waals surface area contributed by atoms with Crippen molar-refractivity contribution in [1.82, 2.24) is 0 Å². The van der Waals surface area contributed by atoms with Crippen LogP contribution in [0.25, 0.3) is 58.0 Å². The first kappa shape index (κ1) is 27.5. The summed E-state index contributed by atoms with van der Waals surface area (Å²) < 4.78 is 13.1. The second-order valence-electron chi connectivity index (χ2n) is 11.3. The SMILES string of the molecule is CCCCCCCCCCCCc1ccc(-c2cc3cc4sc5c6cc7[te]ccc7cc6sc5c4cc3[se]2)cc1. The summed E-state index contributed by atoms with van der Waals surface area (Å²) >= 11 is 4.27. The van der Waals surface area contributed by atoms with E-state index in [1.807, 2.05) is 22.7 Å². The standard InChI is InChI=1S/C36H36S2SeTe/c1-2-3-4-5-6-7-8-9-10-11-12-24-13-15-25(16-14-24)32-21-27-20-31-28(22-33(27)39-32)35-36(38-31)29-23-34-26(17-18-40-34)19-30(29)37-35/h13-23H,2-12H2,1H3. The molecule has 0 amide bonds. The van der Waals surface area contributed by atoms with E-state index in [0.29, 0.717) is 14.5 Å². The zero-order valence-corrected chi connectivity index (χ0v) is 28.9. The molecule has 204 valence electrons. The van der Waals surface area contributed by atoms with Crippen LogP contribution in [0.3, 0.4) is 0 Å². The van der Waals surface area contributed by atoms with Crippen LogP contribution in [-0.4, -0.2) is 34.9 Å². The first-order valence-corrected chi connectivity index (χ1v) is 20.9. The summed E-state index contributed by atoms with van der Waals surface area (Å²) in [5.41, 5.74) is 2.92. The molecule has 3 aromatic carbocycles. The van der Waals surface area contributed by atoms with E-state index in [2.05, 4.69) is 71.7 Å². The van der Waals surface area contributed by atoms with Crippen molar-refractivity contribution in [3.8, 4) is 10.0 Å². The molecule has 40 heavy (non-hydrogen) atoms. The molecule has 0 saturated carbocycles. The van der Waals surface area contributed by atoms with Gasteiger partial charge in [-0.3, -0.25) is 0 Å². The van der Waals surface area contributed by atoms with Crippen molar-refractivity contribution in [3.63, 3.8) is 0 Å². The Morgan fingerprint density at radius 3 is 2.02 bits per heavy atom. The van der Waals surface area contributed by atoms with Gasteiger partial charge in [0.1, 0.15) is 0 Å². The monoisotopic (exact) mass is 742 g/mol. The maximum absolute atomic E-state index is 2.53. The van der Waals surface area contributed by atoms with Gasteiger partial charge in [0.2, 0.25) is 0 Å². The van der Waals surface area contributed by atoms with Crippen LogP contribution >= 0.6 is 22.7 Å². The molecule has 0 aliphatic heterocycles. The molecular weight excluding hydrogens is 703 g/mol. The van der Waals surface area contributed by atoms with Crippen LogP contribution in [0.4, 0.5) is 0 Å². The molecule has 0 fully saturated rings. The van der Waals surface area contributed by atoms with Crippen molar-refractivity contribution in [2.75, 3.05) is 0 Å². The van der Waals surface area contributed by atoms with Gasteiger partial charge in [0, 0.05) is 0 Å². The molecule has 0 aliphatic carbocycles. The predicted octanol–water partition coefficient (Wildman–Crippen LogP) is 11.8. The number of hydrogen-bond acceptors (Lipinski definition) is 2. The zero-order valence-electron chi connectivity index (χ0n) is 23.3. The summed E-state index contributed by atoms with van der Waals surface area (Å²) in [7, 11) is 0. The summed E-state index contributed by atoms with van der Waals surface area (Å²) in [6.45, 7) is 2.30. The van der Waals surface area contributed by atoms with E-state index in [4.69, 9.17) is 0 Å². The van der Waals surface area contributed by atoms with E-state index < -0.39 is 0 Å². The molecule has 0 spiro atoms. The average molecular weight is 739 g/mol. The number of unbranched alkanes of at least 4 members (excludes halogenated alkanes) is 9. The van der Waals surface area contributed by atoms with Crippen LogP contribution in [0.1, 0.15) is 76.7 Å². The molecule has 0 nitrogen and oxygen atoms in total. The fraction of sp³-hybridized carbons (Fsp3) is 0.333. The Balaban J connectivity index is 1.02. The van der Waals surface area contributed by atoms with Crippen LogP contribution in [-0.2, 0) is 6.42 Å². The third-order valence-electron chi connectivity index (χ3n) is 8.35. The number of thiophene rings is 2.